The predicted octanol–water partition coefficient (Wildman–Crippen LogP) is 3.57. The van der Waals surface area contributed by atoms with Crippen LogP contribution in [0.3, 0.4) is 0 Å². The summed E-state index contributed by atoms with van der Waals surface area (Å²) >= 11 is 12.0. The molecule has 0 saturated carbocycles. The van der Waals surface area contributed by atoms with Gasteiger partial charge in [0.05, 0.1) is 10.0 Å². The second-order valence-corrected chi connectivity index (χ2v) is 7.87. The lowest BCUT2D eigenvalue weighted by Crippen LogP contribution is -2.40. The number of hydrogen-bond donors (Lipinski definition) is 5. The minimum Gasteiger partial charge on any atom is -0.380 e. The van der Waals surface area contributed by atoms with Gasteiger partial charge in [0.15, 0.2) is 0 Å². The van der Waals surface area contributed by atoms with Gasteiger partial charge < -0.3 is 26.7 Å². The summed E-state index contributed by atoms with van der Waals surface area (Å²) in [4.78, 5) is 12.8. The number of carbonyl (C=O) groups excluding carboxylic acids is 1. The molecule has 158 valence electrons. The molecule has 0 bridgehead atoms. The number of carbonyl (C=O) groups is 1. The van der Waals surface area contributed by atoms with E-state index in [1.165, 1.54) is 6.21 Å². The lowest BCUT2D eigenvalue weighted by Gasteiger charge is -2.24. The number of allylic oxidation sites excluding steroid dienone is 2. The zero-order valence-electron chi connectivity index (χ0n) is 16.9. The fourth-order valence-corrected chi connectivity index (χ4v) is 3.39. The van der Waals surface area contributed by atoms with Crippen molar-refractivity contribution in [2.75, 3.05) is 19.6 Å². The normalized spacial score (nSPS) is 17.9. The van der Waals surface area contributed by atoms with Crippen LogP contribution in [0.2, 0.25) is 10.0 Å². The Morgan fingerprint density at radius 2 is 2.10 bits per heavy atom. The van der Waals surface area contributed by atoms with Crippen molar-refractivity contribution in [1.82, 2.24) is 21.3 Å². The van der Waals surface area contributed by atoms with Gasteiger partial charge in [0.1, 0.15) is 11.5 Å². The van der Waals surface area contributed by atoms with E-state index in [1.807, 2.05) is 13.0 Å². The minimum atomic E-state index is -0.274. The molecule has 1 amide bonds. The van der Waals surface area contributed by atoms with Crippen LogP contribution in [0.25, 0.3) is 0 Å². The molecule has 1 aromatic carbocycles. The topological polar surface area (TPSA) is 89.0 Å². The van der Waals surface area contributed by atoms with Gasteiger partial charge in [-0.05, 0) is 75.0 Å². The van der Waals surface area contributed by atoms with Crippen molar-refractivity contribution in [3.05, 3.63) is 57.0 Å². The van der Waals surface area contributed by atoms with Crippen molar-refractivity contribution in [1.29, 1.82) is 5.41 Å². The van der Waals surface area contributed by atoms with Gasteiger partial charge in [-0.25, -0.2) is 0 Å². The Morgan fingerprint density at radius 1 is 1.31 bits per heavy atom. The number of amides is 1. The van der Waals surface area contributed by atoms with Crippen molar-refractivity contribution in [2.45, 2.75) is 33.2 Å². The zero-order chi connectivity index (χ0) is 21.2. The van der Waals surface area contributed by atoms with Gasteiger partial charge in [0.2, 0.25) is 0 Å². The molecule has 1 atom stereocenters. The number of halogens is 2. The molecule has 2 rings (SSSR count). The van der Waals surface area contributed by atoms with Gasteiger partial charge in [-0.2, -0.15) is 0 Å². The first-order valence-electron chi connectivity index (χ1n) is 9.76. The Kier molecular flexibility index (Phi) is 9.51. The van der Waals surface area contributed by atoms with Crippen LogP contribution in [0.4, 0.5) is 0 Å². The van der Waals surface area contributed by atoms with Crippen molar-refractivity contribution >= 4 is 35.3 Å². The lowest BCUT2D eigenvalue weighted by atomic mass is 9.99. The summed E-state index contributed by atoms with van der Waals surface area (Å²) in [6, 6.07) is 5.41. The monoisotopic (exact) mass is 437 g/mol. The summed E-state index contributed by atoms with van der Waals surface area (Å²) in [5.41, 5.74) is 1.95. The molecule has 1 heterocycles. The number of piperidine rings is 1. The van der Waals surface area contributed by atoms with Crippen LogP contribution in [-0.4, -0.2) is 31.8 Å². The van der Waals surface area contributed by atoms with E-state index in [9.17, 15) is 4.79 Å². The highest BCUT2D eigenvalue weighted by Crippen LogP contribution is 2.22. The van der Waals surface area contributed by atoms with E-state index in [0.717, 1.165) is 31.5 Å². The summed E-state index contributed by atoms with van der Waals surface area (Å²) in [5, 5.41) is 21.2. The maximum atomic E-state index is 12.8. The third kappa shape index (κ3) is 7.38. The molecule has 6 nitrogen and oxygen atoms in total. The quantitative estimate of drug-likeness (QED) is 0.301. The molecule has 0 radical (unpaired) electrons. The molecule has 5 N–H and O–H groups in total. The van der Waals surface area contributed by atoms with E-state index in [2.05, 4.69) is 21.3 Å². The molecule has 29 heavy (non-hydrogen) atoms. The van der Waals surface area contributed by atoms with E-state index in [1.54, 1.807) is 25.1 Å². The van der Waals surface area contributed by atoms with Gasteiger partial charge in [0, 0.05) is 19.3 Å². The molecule has 8 heteroatoms. The van der Waals surface area contributed by atoms with Crippen molar-refractivity contribution in [3.63, 3.8) is 0 Å². The highest BCUT2D eigenvalue weighted by molar-refractivity contribution is 6.42. The Morgan fingerprint density at radius 3 is 2.72 bits per heavy atom. The molecule has 1 saturated heterocycles. The zero-order valence-corrected chi connectivity index (χ0v) is 18.4. The maximum Gasteiger partial charge on any atom is 0.273 e. The minimum absolute atomic E-state index is 0.274. The van der Waals surface area contributed by atoms with Crippen molar-refractivity contribution in [3.8, 4) is 0 Å². The first-order valence-corrected chi connectivity index (χ1v) is 10.5. The molecule has 0 aliphatic carbocycles. The first-order chi connectivity index (χ1) is 13.9. The van der Waals surface area contributed by atoms with Crippen molar-refractivity contribution < 1.29 is 4.79 Å². The molecule has 1 aliphatic heterocycles. The summed E-state index contributed by atoms with van der Waals surface area (Å²) in [6.07, 6.45) is 5.25. The predicted molar refractivity (Wildman–Crippen MR) is 120 cm³/mol. The van der Waals surface area contributed by atoms with E-state index >= 15 is 0 Å². The highest BCUT2D eigenvalue weighted by atomic mass is 35.5. The van der Waals surface area contributed by atoms with Crippen LogP contribution in [0, 0.1) is 11.3 Å². The molecule has 1 aromatic rings. The Hall–Kier alpha value is -2.02. The Balaban J connectivity index is 1.96. The Bertz CT molecular complexity index is 785. The van der Waals surface area contributed by atoms with Crippen LogP contribution < -0.4 is 21.3 Å². The van der Waals surface area contributed by atoms with Gasteiger partial charge in [-0.1, -0.05) is 29.3 Å². The lowest BCUT2D eigenvalue weighted by molar-refractivity contribution is -0.117. The fourth-order valence-electron chi connectivity index (χ4n) is 3.07. The number of benzene rings is 1. The number of rotatable bonds is 9. The maximum absolute atomic E-state index is 12.8. The van der Waals surface area contributed by atoms with Gasteiger partial charge in [-0.3, -0.25) is 4.79 Å². The smallest absolute Gasteiger partial charge is 0.273 e. The summed E-state index contributed by atoms with van der Waals surface area (Å²) in [7, 11) is 0. The average molecular weight is 438 g/mol. The van der Waals surface area contributed by atoms with E-state index in [4.69, 9.17) is 28.6 Å². The van der Waals surface area contributed by atoms with E-state index < -0.39 is 0 Å². The fraction of sp³-hybridized carbons (Fsp3) is 0.429. The molecule has 1 fully saturated rings. The van der Waals surface area contributed by atoms with Crippen LogP contribution in [0.15, 0.2) is 41.4 Å². The average Bonchev–Trinajstić information content (AvgIpc) is 2.74. The van der Waals surface area contributed by atoms with Gasteiger partial charge in [-0.15, -0.1) is 0 Å². The Labute approximate surface area is 182 Å². The first kappa shape index (κ1) is 23.3. The molecule has 1 unspecified atom stereocenters. The van der Waals surface area contributed by atoms with E-state index in [-0.39, 0.29) is 5.91 Å². The SMILES string of the molecule is CC=C(NCc1ccc(Cl)c(Cl)c1)NC(=O)/C(NCC1CCCNC1)=C(\C)C=N. The van der Waals surface area contributed by atoms with Crippen LogP contribution in [0.1, 0.15) is 32.3 Å². The molecular formula is C21H29Cl2N5O. The largest absolute Gasteiger partial charge is 0.380 e. The molecule has 1 aliphatic rings. The molecule has 0 spiro atoms. The van der Waals surface area contributed by atoms with Gasteiger partial charge in [0.25, 0.3) is 5.91 Å². The third-order valence-electron chi connectivity index (χ3n) is 4.81. The highest BCUT2D eigenvalue weighted by Gasteiger charge is 2.17. The summed E-state index contributed by atoms with van der Waals surface area (Å²) < 4.78 is 0. The summed E-state index contributed by atoms with van der Waals surface area (Å²) in [6.45, 7) is 6.77. The van der Waals surface area contributed by atoms with Gasteiger partial charge >= 0.3 is 0 Å². The standard InChI is InChI=1S/C21H29Cl2N5O/c1-3-19(26-12-15-6-7-17(22)18(23)9-15)28-21(29)20(14(2)10-24)27-13-16-5-4-8-25-11-16/h3,6-7,9-10,16,24-27H,4-5,8,11-13H2,1-2H3,(H,28,29)/b19-3?,20-14-,24-10?. The van der Waals surface area contributed by atoms with E-state index in [0.29, 0.717) is 46.1 Å². The third-order valence-corrected chi connectivity index (χ3v) is 5.55. The summed E-state index contributed by atoms with van der Waals surface area (Å²) in [5.74, 6) is 0.779. The number of nitrogens with one attached hydrogen (secondary N) is 5. The van der Waals surface area contributed by atoms with Crippen LogP contribution in [-0.2, 0) is 11.3 Å². The second kappa shape index (κ2) is 11.9. The molecule has 0 aromatic heterocycles. The van der Waals surface area contributed by atoms with Crippen LogP contribution in [0.5, 0.6) is 0 Å². The second-order valence-electron chi connectivity index (χ2n) is 7.05. The van der Waals surface area contributed by atoms with Crippen molar-refractivity contribution in [2.24, 2.45) is 5.92 Å². The van der Waals surface area contributed by atoms with Crippen LogP contribution >= 0.6 is 23.2 Å². The number of hydrogen-bond acceptors (Lipinski definition) is 5. The molecular weight excluding hydrogens is 409 g/mol.